The van der Waals surface area contributed by atoms with Crippen LogP contribution in [0.2, 0.25) is 0 Å². The normalized spacial score (nSPS) is 20.0. The van der Waals surface area contributed by atoms with Gasteiger partial charge in [-0.1, -0.05) is 6.42 Å². The van der Waals surface area contributed by atoms with Gasteiger partial charge in [0.25, 0.3) is 5.91 Å². The second kappa shape index (κ2) is 6.48. The van der Waals surface area contributed by atoms with Crippen LogP contribution >= 0.6 is 27.3 Å². The van der Waals surface area contributed by atoms with E-state index in [2.05, 4.69) is 15.9 Å². The van der Waals surface area contributed by atoms with Crippen LogP contribution in [-0.2, 0) is 4.79 Å². The standard InChI is InChI=1S/C15H19BrN2O2S/c16-13-6-5-12(21-13)15(20)18-8-2-7-17(9-10-18)14(19)11-3-1-4-11/h5-6,11H,1-4,7-10H2. The van der Waals surface area contributed by atoms with Crippen LogP contribution in [0, 0.1) is 5.92 Å². The monoisotopic (exact) mass is 370 g/mol. The van der Waals surface area contributed by atoms with Crippen LogP contribution < -0.4 is 0 Å². The second-order valence-corrected chi connectivity index (χ2v) is 8.17. The summed E-state index contributed by atoms with van der Waals surface area (Å²) in [6.07, 6.45) is 4.14. The van der Waals surface area contributed by atoms with E-state index in [1.807, 2.05) is 21.9 Å². The van der Waals surface area contributed by atoms with Crippen molar-refractivity contribution in [1.82, 2.24) is 9.80 Å². The fraction of sp³-hybridized carbons (Fsp3) is 0.600. The molecule has 0 aromatic carbocycles. The van der Waals surface area contributed by atoms with Crippen molar-refractivity contribution in [1.29, 1.82) is 0 Å². The van der Waals surface area contributed by atoms with Gasteiger partial charge in [0.05, 0.1) is 8.66 Å². The lowest BCUT2D eigenvalue weighted by atomic mass is 9.84. The van der Waals surface area contributed by atoms with Gasteiger partial charge < -0.3 is 9.80 Å². The van der Waals surface area contributed by atoms with Crippen LogP contribution in [0.4, 0.5) is 0 Å². The van der Waals surface area contributed by atoms with Gasteiger partial charge in [-0.2, -0.15) is 0 Å². The van der Waals surface area contributed by atoms with Gasteiger partial charge in [0.15, 0.2) is 0 Å². The van der Waals surface area contributed by atoms with Gasteiger partial charge >= 0.3 is 0 Å². The van der Waals surface area contributed by atoms with Crippen LogP contribution in [-0.4, -0.2) is 47.8 Å². The molecule has 3 rings (SSSR count). The quantitative estimate of drug-likeness (QED) is 0.802. The van der Waals surface area contributed by atoms with Crippen molar-refractivity contribution in [2.75, 3.05) is 26.2 Å². The van der Waals surface area contributed by atoms with E-state index in [-0.39, 0.29) is 11.8 Å². The van der Waals surface area contributed by atoms with Gasteiger partial charge in [-0.15, -0.1) is 11.3 Å². The predicted octanol–water partition coefficient (Wildman–Crippen LogP) is 2.99. The molecule has 0 N–H and O–H groups in total. The van der Waals surface area contributed by atoms with Crippen molar-refractivity contribution in [2.24, 2.45) is 5.92 Å². The molecule has 6 heteroatoms. The molecular weight excluding hydrogens is 352 g/mol. The molecular formula is C15H19BrN2O2S. The third kappa shape index (κ3) is 3.31. The summed E-state index contributed by atoms with van der Waals surface area (Å²) in [5, 5.41) is 0. The van der Waals surface area contributed by atoms with Gasteiger partial charge in [0.2, 0.25) is 5.91 Å². The number of carbonyl (C=O) groups is 2. The Morgan fingerprint density at radius 3 is 2.38 bits per heavy atom. The fourth-order valence-corrected chi connectivity index (χ4v) is 4.19. The lowest BCUT2D eigenvalue weighted by Crippen LogP contribution is -2.41. The molecule has 0 spiro atoms. The first-order valence-corrected chi connectivity index (χ1v) is 9.09. The molecule has 1 saturated heterocycles. The predicted molar refractivity (Wildman–Crippen MR) is 86.5 cm³/mol. The molecule has 1 aromatic heterocycles. The summed E-state index contributed by atoms with van der Waals surface area (Å²) in [6, 6.07) is 3.77. The van der Waals surface area contributed by atoms with Gasteiger partial charge in [-0.25, -0.2) is 0 Å². The molecule has 1 aliphatic heterocycles. The Bertz CT molecular complexity index is 542. The lowest BCUT2D eigenvalue weighted by molar-refractivity contribution is -0.138. The van der Waals surface area contributed by atoms with E-state index >= 15 is 0 Å². The van der Waals surface area contributed by atoms with Crippen molar-refractivity contribution in [3.8, 4) is 0 Å². The van der Waals surface area contributed by atoms with Crippen molar-refractivity contribution < 1.29 is 9.59 Å². The maximum absolute atomic E-state index is 12.5. The number of hydrogen-bond acceptors (Lipinski definition) is 3. The first kappa shape index (κ1) is 15.0. The van der Waals surface area contributed by atoms with E-state index in [1.54, 1.807) is 0 Å². The number of rotatable bonds is 2. The zero-order chi connectivity index (χ0) is 14.8. The molecule has 4 nitrogen and oxygen atoms in total. The van der Waals surface area contributed by atoms with E-state index in [9.17, 15) is 9.59 Å². The molecule has 1 aromatic rings. The summed E-state index contributed by atoms with van der Waals surface area (Å²) >= 11 is 4.86. The number of carbonyl (C=O) groups excluding carboxylic acids is 2. The first-order chi connectivity index (χ1) is 10.1. The van der Waals surface area contributed by atoms with Crippen molar-refractivity contribution in [2.45, 2.75) is 25.7 Å². The third-order valence-corrected chi connectivity index (χ3v) is 5.94. The number of amides is 2. The summed E-state index contributed by atoms with van der Waals surface area (Å²) in [7, 11) is 0. The summed E-state index contributed by atoms with van der Waals surface area (Å²) in [4.78, 5) is 29.4. The minimum Gasteiger partial charge on any atom is -0.341 e. The molecule has 0 atom stereocenters. The number of halogens is 1. The summed E-state index contributed by atoms with van der Waals surface area (Å²) < 4.78 is 0.974. The molecule has 2 fully saturated rings. The Morgan fingerprint density at radius 1 is 1.05 bits per heavy atom. The molecule has 2 amide bonds. The molecule has 114 valence electrons. The Balaban J connectivity index is 1.60. The van der Waals surface area contributed by atoms with Crippen LogP contribution in [0.3, 0.4) is 0 Å². The molecule has 0 unspecified atom stereocenters. The zero-order valence-electron chi connectivity index (χ0n) is 11.9. The molecule has 21 heavy (non-hydrogen) atoms. The van der Waals surface area contributed by atoms with Crippen LogP contribution in [0.5, 0.6) is 0 Å². The molecule has 1 saturated carbocycles. The van der Waals surface area contributed by atoms with E-state index in [0.29, 0.717) is 19.0 Å². The van der Waals surface area contributed by atoms with Gasteiger partial charge in [-0.05, 0) is 47.3 Å². The molecule has 1 aliphatic carbocycles. The largest absolute Gasteiger partial charge is 0.341 e. The van der Waals surface area contributed by atoms with Crippen LogP contribution in [0.25, 0.3) is 0 Å². The topological polar surface area (TPSA) is 40.6 Å². The molecule has 2 aliphatic rings. The number of nitrogens with zero attached hydrogens (tertiary/aromatic N) is 2. The third-order valence-electron chi connectivity index (χ3n) is 4.33. The van der Waals surface area contributed by atoms with E-state index < -0.39 is 0 Å². The number of thiophene rings is 1. The van der Waals surface area contributed by atoms with Crippen LogP contribution in [0.1, 0.15) is 35.4 Å². The summed E-state index contributed by atoms with van der Waals surface area (Å²) in [6.45, 7) is 2.84. The smallest absolute Gasteiger partial charge is 0.264 e. The Morgan fingerprint density at radius 2 is 1.76 bits per heavy atom. The maximum Gasteiger partial charge on any atom is 0.264 e. The average Bonchev–Trinajstić information content (AvgIpc) is 2.70. The highest BCUT2D eigenvalue weighted by molar-refractivity contribution is 9.11. The fourth-order valence-electron chi connectivity index (χ4n) is 2.84. The minimum absolute atomic E-state index is 0.0867. The van der Waals surface area contributed by atoms with E-state index in [4.69, 9.17) is 0 Å². The summed E-state index contributed by atoms with van der Waals surface area (Å²) in [5.41, 5.74) is 0. The minimum atomic E-state index is 0.0867. The second-order valence-electron chi connectivity index (χ2n) is 5.70. The van der Waals surface area contributed by atoms with E-state index in [0.717, 1.165) is 41.0 Å². The average molecular weight is 371 g/mol. The molecule has 0 radical (unpaired) electrons. The van der Waals surface area contributed by atoms with Crippen LogP contribution in [0.15, 0.2) is 15.9 Å². The van der Waals surface area contributed by atoms with E-state index in [1.165, 1.54) is 17.8 Å². The van der Waals surface area contributed by atoms with Gasteiger partial charge in [-0.3, -0.25) is 9.59 Å². The van der Waals surface area contributed by atoms with Gasteiger partial charge in [0.1, 0.15) is 0 Å². The van der Waals surface area contributed by atoms with Crippen molar-refractivity contribution >= 4 is 39.1 Å². The van der Waals surface area contributed by atoms with Crippen molar-refractivity contribution in [3.05, 3.63) is 20.8 Å². The highest BCUT2D eigenvalue weighted by atomic mass is 79.9. The SMILES string of the molecule is O=C(c1ccc(Br)s1)N1CCCN(C(=O)C2CCC2)CC1. The molecule has 0 bridgehead atoms. The summed E-state index contributed by atoms with van der Waals surface area (Å²) in [5.74, 6) is 0.638. The highest BCUT2D eigenvalue weighted by Gasteiger charge is 2.31. The highest BCUT2D eigenvalue weighted by Crippen LogP contribution is 2.29. The zero-order valence-corrected chi connectivity index (χ0v) is 14.3. The Labute approximate surface area is 137 Å². The lowest BCUT2D eigenvalue weighted by Gasteiger charge is -2.30. The maximum atomic E-state index is 12.5. The Kier molecular flexibility index (Phi) is 4.64. The van der Waals surface area contributed by atoms with Gasteiger partial charge in [0, 0.05) is 32.1 Å². The first-order valence-electron chi connectivity index (χ1n) is 7.48. The molecule has 2 heterocycles. The number of hydrogen-bond donors (Lipinski definition) is 0. The van der Waals surface area contributed by atoms with Crippen molar-refractivity contribution in [3.63, 3.8) is 0 Å². The Hall–Kier alpha value is -0.880.